The molecule has 1 amide bonds. The predicted molar refractivity (Wildman–Crippen MR) is 127 cm³/mol. The maximum absolute atomic E-state index is 13.2. The number of fused-ring (bicyclic) bond motifs is 1. The number of amides is 1. The Morgan fingerprint density at radius 1 is 1.15 bits per heavy atom. The van der Waals surface area contributed by atoms with Crippen LogP contribution in [0.25, 0.3) is 11.1 Å². The Kier molecular flexibility index (Phi) is 5.31. The van der Waals surface area contributed by atoms with E-state index in [1.807, 2.05) is 32.0 Å². The lowest BCUT2D eigenvalue weighted by molar-refractivity contribution is -0.123. The van der Waals surface area contributed by atoms with Crippen molar-refractivity contribution < 1.29 is 27.1 Å². The third-order valence-electron chi connectivity index (χ3n) is 6.55. The first kappa shape index (κ1) is 22.3. The van der Waals surface area contributed by atoms with Gasteiger partial charge in [-0.3, -0.25) is 9.52 Å². The maximum atomic E-state index is 13.2. The molecule has 0 radical (unpaired) electrons. The second-order valence-corrected chi connectivity index (χ2v) is 10.5. The van der Waals surface area contributed by atoms with E-state index >= 15 is 0 Å². The zero-order valence-corrected chi connectivity index (χ0v) is 20.0. The molecule has 9 heteroatoms. The standard InChI is InChI=1S/C25H26N2O6S/c1-15-4-6-18(21(10-15)31-3)19-13-32-23(16(19)2)12-26-24(28)25(8-9-25)17-5-7-20-22(11-17)33-14-34(29,30)27-20/h4-7,10-11,13,27H,8-9,12,14H2,1-3H3,(H,26,28). The molecule has 2 heterocycles. The van der Waals surface area contributed by atoms with Gasteiger partial charge in [-0.1, -0.05) is 18.2 Å². The molecular weight excluding hydrogens is 456 g/mol. The molecule has 5 rings (SSSR count). The van der Waals surface area contributed by atoms with E-state index in [1.165, 1.54) is 0 Å². The topological polar surface area (TPSA) is 107 Å². The number of carbonyl (C=O) groups is 1. The van der Waals surface area contributed by atoms with Gasteiger partial charge in [-0.25, -0.2) is 8.42 Å². The van der Waals surface area contributed by atoms with Gasteiger partial charge < -0.3 is 19.2 Å². The van der Waals surface area contributed by atoms with Crippen molar-refractivity contribution >= 4 is 21.6 Å². The molecule has 1 aliphatic heterocycles. The van der Waals surface area contributed by atoms with Gasteiger partial charge >= 0.3 is 0 Å². The lowest BCUT2D eigenvalue weighted by atomic mass is 9.94. The van der Waals surface area contributed by atoms with Crippen molar-refractivity contribution in [3.8, 4) is 22.6 Å². The zero-order valence-electron chi connectivity index (χ0n) is 19.2. The van der Waals surface area contributed by atoms with Gasteiger partial charge in [-0.2, -0.15) is 0 Å². The van der Waals surface area contributed by atoms with E-state index in [0.717, 1.165) is 33.6 Å². The fourth-order valence-electron chi connectivity index (χ4n) is 4.38. The molecule has 1 fully saturated rings. The highest BCUT2D eigenvalue weighted by Crippen LogP contribution is 2.50. The molecule has 0 saturated heterocycles. The van der Waals surface area contributed by atoms with Gasteiger partial charge in [0.25, 0.3) is 10.0 Å². The van der Waals surface area contributed by atoms with Crippen LogP contribution in [0.2, 0.25) is 0 Å². The quantitative estimate of drug-likeness (QED) is 0.550. The summed E-state index contributed by atoms with van der Waals surface area (Å²) in [7, 11) is -1.84. The number of sulfonamides is 1. The summed E-state index contributed by atoms with van der Waals surface area (Å²) in [5, 5.41) is 3.02. The average molecular weight is 483 g/mol. The first-order valence-electron chi connectivity index (χ1n) is 11.0. The van der Waals surface area contributed by atoms with Crippen molar-refractivity contribution in [1.82, 2.24) is 5.32 Å². The first-order chi connectivity index (χ1) is 16.2. The van der Waals surface area contributed by atoms with Crippen LogP contribution < -0.4 is 19.5 Å². The lowest BCUT2D eigenvalue weighted by Crippen LogP contribution is -2.34. The number of hydrogen-bond acceptors (Lipinski definition) is 6. The van der Waals surface area contributed by atoms with Crippen molar-refractivity contribution in [2.75, 3.05) is 17.8 Å². The van der Waals surface area contributed by atoms with Gasteiger partial charge in [-0.15, -0.1) is 0 Å². The summed E-state index contributed by atoms with van der Waals surface area (Å²) in [5.41, 5.74) is 4.48. The molecule has 0 spiro atoms. The minimum atomic E-state index is -3.48. The van der Waals surface area contributed by atoms with Crippen LogP contribution in [0.1, 0.15) is 35.3 Å². The summed E-state index contributed by atoms with van der Waals surface area (Å²) in [6.45, 7) is 4.24. The van der Waals surface area contributed by atoms with Gasteiger partial charge in [0.2, 0.25) is 11.8 Å². The van der Waals surface area contributed by atoms with Crippen molar-refractivity contribution in [3.05, 3.63) is 65.1 Å². The molecule has 2 N–H and O–H groups in total. The number of anilines is 1. The number of aryl methyl sites for hydroxylation is 1. The minimum absolute atomic E-state index is 0.0888. The van der Waals surface area contributed by atoms with Gasteiger partial charge in [0.1, 0.15) is 17.3 Å². The maximum Gasteiger partial charge on any atom is 0.268 e. The number of hydrogen-bond donors (Lipinski definition) is 2. The second-order valence-electron chi connectivity index (χ2n) is 8.86. The third-order valence-corrected chi connectivity index (χ3v) is 7.51. The first-order valence-corrected chi connectivity index (χ1v) is 12.7. The number of methoxy groups -OCH3 is 1. The van der Waals surface area contributed by atoms with Crippen molar-refractivity contribution in [1.29, 1.82) is 0 Å². The molecule has 3 aromatic rings. The van der Waals surface area contributed by atoms with E-state index in [4.69, 9.17) is 13.9 Å². The summed E-state index contributed by atoms with van der Waals surface area (Å²) < 4.78 is 42.6. The van der Waals surface area contributed by atoms with Crippen LogP contribution in [0.15, 0.2) is 47.1 Å². The van der Waals surface area contributed by atoms with E-state index in [1.54, 1.807) is 31.6 Å². The van der Waals surface area contributed by atoms with Crippen LogP contribution in [0, 0.1) is 13.8 Å². The Morgan fingerprint density at radius 3 is 2.68 bits per heavy atom. The monoisotopic (exact) mass is 482 g/mol. The molecule has 178 valence electrons. The lowest BCUT2D eigenvalue weighted by Gasteiger charge is -2.22. The summed E-state index contributed by atoms with van der Waals surface area (Å²) >= 11 is 0. The highest BCUT2D eigenvalue weighted by atomic mass is 32.2. The third kappa shape index (κ3) is 3.90. The highest BCUT2D eigenvalue weighted by Gasteiger charge is 2.51. The molecule has 0 atom stereocenters. The van der Waals surface area contributed by atoms with Crippen LogP contribution in [-0.4, -0.2) is 27.4 Å². The Balaban J connectivity index is 1.32. The predicted octanol–water partition coefficient (Wildman–Crippen LogP) is 4.01. The van der Waals surface area contributed by atoms with Gasteiger partial charge in [0, 0.05) is 16.7 Å². The van der Waals surface area contributed by atoms with E-state index in [2.05, 4.69) is 10.0 Å². The van der Waals surface area contributed by atoms with Crippen molar-refractivity contribution in [2.24, 2.45) is 0 Å². The molecule has 1 saturated carbocycles. The largest absolute Gasteiger partial charge is 0.496 e. The molecule has 34 heavy (non-hydrogen) atoms. The number of ether oxygens (including phenoxy) is 2. The highest BCUT2D eigenvalue weighted by molar-refractivity contribution is 7.92. The fraction of sp³-hybridized carbons (Fsp3) is 0.320. The Bertz CT molecular complexity index is 1390. The van der Waals surface area contributed by atoms with E-state index in [9.17, 15) is 13.2 Å². The molecule has 8 nitrogen and oxygen atoms in total. The van der Waals surface area contributed by atoms with E-state index in [0.29, 0.717) is 30.0 Å². The summed E-state index contributed by atoms with van der Waals surface area (Å²) in [6.07, 6.45) is 3.12. The Morgan fingerprint density at radius 2 is 1.94 bits per heavy atom. The zero-order chi connectivity index (χ0) is 24.1. The molecular formula is C25H26N2O6S. The second kappa shape index (κ2) is 8.09. The summed E-state index contributed by atoms with van der Waals surface area (Å²) in [4.78, 5) is 13.2. The Labute approximate surface area is 198 Å². The number of carbonyl (C=O) groups excluding carboxylic acids is 1. The molecule has 2 aromatic carbocycles. The van der Waals surface area contributed by atoms with E-state index in [-0.39, 0.29) is 12.5 Å². The van der Waals surface area contributed by atoms with Crippen LogP contribution in [-0.2, 0) is 26.8 Å². The number of rotatable bonds is 6. The molecule has 0 bridgehead atoms. The van der Waals surface area contributed by atoms with Crippen LogP contribution in [0.3, 0.4) is 0 Å². The van der Waals surface area contributed by atoms with Crippen LogP contribution in [0.5, 0.6) is 11.5 Å². The van der Waals surface area contributed by atoms with E-state index < -0.39 is 21.4 Å². The van der Waals surface area contributed by atoms with Crippen LogP contribution >= 0.6 is 0 Å². The summed E-state index contributed by atoms with van der Waals surface area (Å²) in [5.74, 6) is 1.37. The van der Waals surface area contributed by atoms with Crippen LogP contribution in [0.4, 0.5) is 5.69 Å². The molecule has 2 aliphatic rings. The minimum Gasteiger partial charge on any atom is -0.496 e. The van der Waals surface area contributed by atoms with Crippen molar-refractivity contribution in [2.45, 2.75) is 38.6 Å². The molecule has 1 aromatic heterocycles. The Hall–Kier alpha value is -3.46. The normalized spacial score (nSPS) is 17.1. The van der Waals surface area contributed by atoms with Crippen molar-refractivity contribution in [3.63, 3.8) is 0 Å². The average Bonchev–Trinajstić information content (AvgIpc) is 3.55. The van der Waals surface area contributed by atoms with Gasteiger partial charge in [-0.05, 0) is 56.0 Å². The summed E-state index contributed by atoms with van der Waals surface area (Å²) in [6, 6.07) is 11.2. The fourth-order valence-corrected chi connectivity index (χ4v) is 5.23. The smallest absolute Gasteiger partial charge is 0.268 e. The number of furan rings is 1. The van der Waals surface area contributed by atoms with Gasteiger partial charge in [0.05, 0.1) is 31.0 Å². The number of nitrogens with one attached hydrogen (secondary N) is 2. The SMILES string of the molecule is COc1cc(C)ccc1-c1coc(CNC(=O)C2(c3ccc4c(c3)OCS(=O)(=O)N4)CC2)c1C. The van der Waals surface area contributed by atoms with Gasteiger partial charge in [0.15, 0.2) is 0 Å². The molecule has 1 aliphatic carbocycles. The number of benzene rings is 2. The molecule has 0 unspecified atom stereocenters.